The number of rotatable bonds is 11. The molecule has 10 nitrogen and oxygen atoms in total. The van der Waals surface area contributed by atoms with E-state index in [9.17, 15) is 30.0 Å². The molecule has 0 radical (unpaired) electrons. The van der Waals surface area contributed by atoms with E-state index in [4.69, 9.17) is 18.9 Å². The summed E-state index contributed by atoms with van der Waals surface area (Å²) in [7, 11) is 0. The standard InChI is InChI=1S/C41H60O10/c1-27(2)21-34(44)29(4)25-48-40(47)33(43)18-13-14-19-37-41(6,26-42)38-24-32(50-37)17-10-7-9-15-28(3)22-36-30(5)35(45)23-31(49-36)16-11-8-12-20-39(46)51-38/h8-15,17,20,22,27,30-38,42-45H,4,7,16,18-19,21,23-26H2,1-3,5-6H3/b11-8+,14-13-,15-9+,17-10-,20-12+,28-22-/t30-,31+,32-,33-,34?,35+,36-,37+,38-,41+/m1/s1. The Bertz CT molecular complexity index is 1330. The molecular formula is C41H60O10. The molecule has 51 heavy (non-hydrogen) atoms. The largest absolute Gasteiger partial charge is 0.459 e. The van der Waals surface area contributed by atoms with E-state index in [2.05, 4.69) is 12.7 Å². The lowest BCUT2D eigenvalue weighted by molar-refractivity contribution is -0.198. The Morgan fingerprint density at radius 1 is 1.10 bits per heavy atom. The zero-order valence-electron chi connectivity index (χ0n) is 30.9. The van der Waals surface area contributed by atoms with E-state index in [0.717, 1.165) is 5.57 Å². The van der Waals surface area contributed by atoms with E-state index in [1.54, 1.807) is 24.3 Å². The summed E-state index contributed by atoms with van der Waals surface area (Å²) in [6.07, 6.45) is 18.4. The van der Waals surface area contributed by atoms with Crippen molar-refractivity contribution in [1.29, 1.82) is 0 Å². The Kier molecular flexibility index (Phi) is 17.2. The smallest absolute Gasteiger partial charge is 0.335 e. The molecule has 2 saturated heterocycles. The van der Waals surface area contributed by atoms with Crippen LogP contribution in [-0.2, 0) is 28.5 Å². The third kappa shape index (κ3) is 13.4. The van der Waals surface area contributed by atoms with Gasteiger partial charge < -0.3 is 39.4 Å². The van der Waals surface area contributed by atoms with Gasteiger partial charge in [0, 0.05) is 31.3 Å². The molecule has 4 N–H and O–H groups in total. The van der Waals surface area contributed by atoms with E-state index in [1.165, 1.54) is 6.08 Å². The van der Waals surface area contributed by atoms with Crippen LogP contribution in [0.4, 0.5) is 0 Å². The minimum atomic E-state index is -1.40. The minimum Gasteiger partial charge on any atom is -0.459 e. The summed E-state index contributed by atoms with van der Waals surface area (Å²) in [5.74, 6) is -1.13. The molecule has 0 aromatic heterocycles. The zero-order valence-corrected chi connectivity index (χ0v) is 30.9. The third-order valence-corrected chi connectivity index (χ3v) is 9.86. The maximum absolute atomic E-state index is 13.0. The van der Waals surface area contributed by atoms with Gasteiger partial charge in [0.2, 0.25) is 0 Å². The first-order valence-electron chi connectivity index (χ1n) is 18.2. The normalized spacial score (nSPS) is 35.5. The minimum absolute atomic E-state index is 0.00418. The van der Waals surface area contributed by atoms with Gasteiger partial charge in [-0.2, -0.15) is 0 Å². The fraction of sp³-hybridized carbons (Fsp3) is 0.610. The van der Waals surface area contributed by atoms with Gasteiger partial charge in [-0.25, -0.2) is 9.59 Å². The molecule has 0 saturated carbocycles. The summed E-state index contributed by atoms with van der Waals surface area (Å²) in [5, 5.41) is 41.7. The Balaban J connectivity index is 1.71. The molecule has 10 heteroatoms. The molecule has 3 rings (SSSR count). The van der Waals surface area contributed by atoms with Crippen LogP contribution in [0.1, 0.15) is 79.6 Å². The Morgan fingerprint density at radius 2 is 1.86 bits per heavy atom. The number of hydrogen-bond donors (Lipinski definition) is 4. The molecule has 1 unspecified atom stereocenters. The summed E-state index contributed by atoms with van der Waals surface area (Å²) in [6.45, 7) is 13.1. The Hall–Kier alpha value is -3.12. The van der Waals surface area contributed by atoms with Crippen molar-refractivity contribution in [2.75, 3.05) is 13.2 Å². The second kappa shape index (κ2) is 20.8. The highest BCUT2D eigenvalue weighted by Gasteiger charge is 2.49. The number of carbonyl (C=O) groups is 2. The van der Waals surface area contributed by atoms with E-state index >= 15 is 0 Å². The van der Waals surface area contributed by atoms with Gasteiger partial charge in [-0.1, -0.05) is 101 Å². The molecule has 284 valence electrons. The molecule has 0 spiro atoms. The molecular weight excluding hydrogens is 652 g/mol. The maximum atomic E-state index is 13.0. The monoisotopic (exact) mass is 712 g/mol. The second-order valence-electron chi connectivity index (χ2n) is 14.7. The van der Waals surface area contributed by atoms with Gasteiger partial charge in [0.15, 0.2) is 6.10 Å². The van der Waals surface area contributed by atoms with Gasteiger partial charge in [0.1, 0.15) is 12.7 Å². The van der Waals surface area contributed by atoms with Crippen LogP contribution < -0.4 is 0 Å². The summed E-state index contributed by atoms with van der Waals surface area (Å²) < 4.78 is 23.8. The highest BCUT2D eigenvalue weighted by molar-refractivity contribution is 5.82. The van der Waals surface area contributed by atoms with E-state index < -0.39 is 54.0 Å². The van der Waals surface area contributed by atoms with Gasteiger partial charge in [-0.05, 0) is 44.1 Å². The van der Waals surface area contributed by atoms with Crippen molar-refractivity contribution >= 4 is 11.9 Å². The van der Waals surface area contributed by atoms with Crippen molar-refractivity contribution in [2.24, 2.45) is 17.3 Å². The fourth-order valence-corrected chi connectivity index (χ4v) is 6.40. The fourth-order valence-electron chi connectivity index (χ4n) is 6.40. The van der Waals surface area contributed by atoms with E-state index in [-0.39, 0.29) is 43.7 Å². The third-order valence-electron chi connectivity index (χ3n) is 9.86. The molecule has 0 aromatic carbocycles. The number of hydrogen-bond acceptors (Lipinski definition) is 10. The highest BCUT2D eigenvalue weighted by Crippen LogP contribution is 2.41. The van der Waals surface area contributed by atoms with Crippen molar-refractivity contribution in [3.8, 4) is 0 Å². The van der Waals surface area contributed by atoms with Crippen molar-refractivity contribution < 1.29 is 49.0 Å². The zero-order chi connectivity index (χ0) is 37.6. The van der Waals surface area contributed by atoms with E-state index in [1.807, 2.05) is 65.0 Å². The van der Waals surface area contributed by atoms with Crippen LogP contribution in [0.25, 0.3) is 0 Å². The predicted octanol–water partition coefficient (Wildman–Crippen LogP) is 5.38. The molecule has 3 aliphatic heterocycles. The number of esters is 2. The van der Waals surface area contributed by atoms with Crippen molar-refractivity contribution in [1.82, 2.24) is 0 Å². The van der Waals surface area contributed by atoms with E-state index in [0.29, 0.717) is 44.1 Å². The first kappa shape index (κ1) is 42.3. The van der Waals surface area contributed by atoms with Crippen LogP contribution in [0.5, 0.6) is 0 Å². The van der Waals surface area contributed by atoms with Crippen LogP contribution in [0.15, 0.2) is 84.6 Å². The maximum Gasteiger partial charge on any atom is 0.335 e. The lowest BCUT2D eigenvalue weighted by Gasteiger charge is -2.47. The molecule has 0 amide bonds. The first-order chi connectivity index (χ1) is 24.2. The highest BCUT2D eigenvalue weighted by atomic mass is 16.6. The molecule has 3 heterocycles. The van der Waals surface area contributed by atoms with Crippen LogP contribution in [0.2, 0.25) is 0 Å². The number of fused-ring (bicyclic) bond motifs is 4. The molecule has 4 bridgehead atoms. The lowest BCUT2D eigenvalue weighted by Crippen LogP contribution is -2.55. The summed E-state index contributed by atoms with van der Waals surface area (Å²) in [5.41, 5.74) is 0.477. The van der Waals surface area contributed by atoms with Gasteiger partial charge in [-0.15, -0.1) is 0 Å². The van der Waals surface area contributed by atoms with Crippen molar-refractivity contribution in [3.63, 3.8) is 0 Å². The average Bonchev–Trinajstić information content (AvgIpc) is 3.07. The summed E-state index contributed by atoms with van der Waals surface area (Å²) in [4.78, 5) is 25.3. The van der Waals surface area contributed by atoms with Crippen LogP contribution in [0.3, 0.4) is 0 Å². The quantitative estimate of drug-likeness (QED) is 0.162. The molecule has 10 atom stereocenters. The molecule has 2 fully saturated rings. The predicted molar refractivity (Wildman–Crippen MR) is 196 cm³/mol. The van der Waals surface area contributed by atoms with Crippen molar-refractivity contribution in [3.05, 3.63) is 84.6 Å². The SMILES string of the molecule is C=C(COC(=O)[C@H](O)C/C=C\C[C@@H]1O[C@@H]2/C=C\C/C=C/C(C)=C\[C@H]3O[C@@H](C/C=C/C=C/C(=O)O[C@H](C2)[C@@]1(C)CO)C[C@H](O)[C@H]3C)C(O)CC(C)C. The molecule has 0 aliphatic carbocycles. The average molecular weight is 713 g/mol. The topological polar surface area (TPSA) is 152 Å². The van der Waals surface area contributed by atoms with Crippen LogP contribution in [-0.4, -0.2) is 94.4 Å². The van der Waals surface area contributed by atoms with Gasteiger partial charge >= 0.3 is 11.9 Å². The number of aliphatic hydroxyl groups is 4. The number of aliphatic hydroxyl groups excluding tert-OH is 4. The van der Waals surface area contributed by atoms with Gasteiger partial charge in [0.25, 0.3) is 0 Å². The number of ether oxygens (including phenoxy) is 4. The summed E-state index contributed by atoms with van der Waals surface area (Å²) >= 11 is 0. The van der Waals surface area contributed by atoms with Gasteiger partial charge in [-0.3, -0.25) is 0 Å². The Morgan fingerprint density at radius 3 is 2.59 bits per heavy atom. The van der Waals surface area contributed by atoms with Gasteiger partial charge in [0.05, 0.1) is 48.6 Å². The summed E-state index contributed by atoms with van der Waals surface area (Å²) in [6, 6.07) is 0. The Labute approximate surface area is 303 Å². The van der Waals surface area contributed by atoms with Crippen LogP contribution in [0, 0.1) is 17.3 Å². The molecule has 3 aliphatic rings. The first-order valence-corrected chi connectivity index (χ1v) is 18.2. The van der Waals surface area contributed by atoms with Crippen molar-refractivity contribution in [2.45, 2.75) is 128 Å². The second-order valence-corrected chi connectivity index (χ2v) is 14.7. The van der Waals surface area contributed by atoms with Crippen LogP contribution >= 0.6 is 0 Å². The lowest BCUT2D eigenvalue weighted by atomic mass is 9.73. The number of carbonyl (C=O) groups excluding carboxylic acids is 2. The molecule has 0 aromatic rings. The number of allylic oxidation sites excluding steroid dienone is 6.